The molecular weight excluding hydrogens is 275 g/mol. The number of rotatable bonds is 0. The van der Waals surface area contributed by atoms with E-state index in [-0.39, 0.29) is 12.4 Å². The first-order chi connectivity index (χ1) is 6.98. The van der Waals surface area contributed by atoms with Crippen molar-refractivity contribution in [1.82, 2.24) is 0 Å². The fourth-order valence-electron chi connectivity index (χ4n) is 1.43. The maximum Gasteiger partial charge on any atom is 0.420 e. The Morgan fingerprint density at radius 3 is 2.73 bits per heavy atom. The molecule has 2 nitrogen and oxygen atoms in total. The zero-order chi connectivity index (χ0) is 11.1. The summed E-state index contributed by atoms with van der Waals surface area (Å²) in [6.07, 6.45) is -4.40. The summed E-state index contributed by atoms with van der Waals surface area (Å²) in [5, 5.41) is 2.86. The summed E-state index contributed by atoms with van der Waals surface area (Å²) in [6, 6.07) is 2.59. The average molecular weight is 282 g/mol. The Morgan fingerprint density at radius 2 is 2.07 bits per heavy atom. The van der Waals surface area contributed by atoms with Crippen molar-refractivity contribution in [2.24, 2.45) is 0 Å². The van der Waals surface area contributed by atoms with Crippen LogP contribution < -0.4 is 10.1 Å². The van der Waals surface area contributed by atoms with Gasteiger partial charge in [0.1, 0.15) is 12.2 Å². The third-order valence-corrected chi connectivity index (χ3v) is 2.48. The van der Waals surface area contributed by atoms with E-state index in [2.05, 4.69) is 21.2 Å². The largest absolute Gasteiger partial charge is 0.489 e. The second-order valence-electron chi connectivity index (χ2n) is 3.10. The van der Waals surface area contributed by atoms with E-state index in [9.17, 15) is 13.2 Å². The molecule has 0 atom stereocenters. The topological polar surface area (TPSA) is 21.3 Å². The third-order valence-electron chi connectivity index (χ3n) is 2.02. The fraction of sp³-hybridized carbons (Fsp3) is 0.333. The van der Waals surface area contributed by atoms with Gasteiger partial charge in [-0.3, -0.25) is 0 Å². The van der Waals surface area contributed by atoms with E-state index in [1.165, 1.54) is 0 Å². The van der Waals surface area contributed by atoms with Gasteiger partial charge in [0, 0.05) is 11.0 Å². The second-order valence-corrected chi connectivity index (χ2v) is 4.02. The normalized spacial score (nSPS) is 15.2. The van der Waals surface area contributed by atoms with Gasteiger partial charge in [-0.1, -0.05) is 15.9 Å². The summed E-state index contributed by atoms with van der Waals surface area (Å²) in [6.45, 7) is 0.762. The lowest BCUT2D eigenvalue weighted by molar-refractivity contribution is -0.139. The van der Waals surface area contributed by atoms with Crippen LogP contribution in [0.4, 0.5) is 18.9 Å². The Hall–Kier alpha value is -0.910. The van der Waals surface area contributed by atoms with Gasteiger partial charge in [0.05, 0.1) is 5.69 Å². The lowest BCUT2D eigenvalue weighted by Gasteiger charge is -2.23. The average Bonchev–Trinajstić information content (AvgIpc) is 2.15. The maximum atomic E-state index is 12.6. The summed E-state index contributed by atoms with van der Waals surface area (Å²) in [5.74, 6) is -0.114. The molecule has 0 radical (unpaired) electrons. The quantitative estimate of drug-likeness (QED) is 0.788. The molecule has 0 saturated carbocycles. The number of hydrogen-bond donors (Lipinski definition) is 1. The highest BCUT2D eigenvalue weighted by atomic mass is 79.9. The van der Waals surface area contributed by atoms with Crippen LogP contribution in [0, 0.1) is 0 Å². The molecule has 82 valence electrons. The zero-order valence-corrected chi connectivity index (χ0v) is 9.08. The predicted molar refractivity (Wildman–Crippen MR) is 53.1 cm³/mol. The predicted octanol–water partition coefficient (Wildman–Crippen LogP) is 3.27. The monoisotopic (exact) mass is 281 g/mol. The van der Waals surface area contributed by atoms with Crippen molar-refractivity contribution >= 4 is 21.6 Å². The van der Waals surface area contributed by atoms with Crippen LogP contribution in [0.5, 0.6) is 5.75 Å². The smallest absolute Gasteiger partial charge is 0.420 e. The molecule has 1 heterocycles. The lowest BCUT2D eigenvalue weighted by Crippen LogP contribution is -2.21. The van der Waals surface area contributed by atoms with Gasteiger partial charge < -0.3 is 10.1 Å². The number of nitrogens with one attached hydrogen (secondary N) is 1. The number of ether oxygens (including phenoxy) is 1. The molecule has 0 fully saturated rings. The molecular formula is C9H7BrF3NO. The van der Waals surface area contributed by atoms with Gasteiger partial charge in [-0.15, -0.1) is 0 Å². The Labute approximate surface area is 92.5 Å². The molecule has 1 aliphatic heterocycles. The Bertz CT molecular complexity index is 392. The van der Waals surface area contributed by atoms with Crippen LogP contribution in [-0.4, -0.2) is 13.2 Å². The van der Waals surface area contributed by atoms with Gasteiger partial charge in [-0.05, 0) is 12.1 Å². The molecule has 1 N–H and O–H groups in total. The van der Waals surface area contributed by atoms with Gasteiger partial charge in [-0.25, -0.2) is 0 Å². The van der Waals surface area contributed by atoms with Gasteiger partial charge in [-0.2, -0.15) is 13.2 Å². The number of alkyl halides is 3. The first-order valence-corrected chi connectivity index (χ1v) is 5.05. The minimum Gasteiger partial charge on any atom is -0.489 e. The van der Waals surface area contributed by atoms with E-state index in [0.29, 0.717) is 16.7 Å². The van der Waals surface area contributed by atoms with E-state index in [1.807, 2.05) is 0 Å². The van der Waals surface area contributed by atoms with Crippen LogP contribution in [0.25, 0.3) is 0 Å². The first-order valence-electron chi connectivity index (χ1n) is 4.26. The van der Waals surface area contributed by atoms with Crippen LogP contribution in [0.15, 0.2) is 16.6 Å². The molecule has 0 aliphatic carbocycles. The van der Waals surface area contributed by atoms with Gasteiger partial charge >= 0.3 is 6.18 Å². The Balaban J connectivity index is 2.58. The van der Waals surface area contributed by atoms with Crippen molar-refractivity contribution in [3.05, 3.63) is 22.2 Å². The summed E-state index contributed by atoms with van der Waals surface area (Å²) < 4.78 is 43.3. The molecule has 1 aromatic carbocycles. The molecule has 0 unspecified atom stereocenters. The standard InChI is InChI=1S/C9H7BrF3NO/c10-5-3-6(9(11,12)13)8-7(4-5)14-1-2-15-8/h3-4,14H,1-2H2. The number of benzene rings is 1. The minimum absolute atomic E-state index is 0.114. The van der Waals surface area contributed by atoms with Gasteiger partial charge in [0.2, 0.25) is 0 Å². The van der Waals surface area contributed by atoms with E-state index in [4.69, 9.17) is 4.74 Å². The number of hydrogen-bond acceptors (Lipinski definition) is 2. The van der Waals surface area contributed by atoms with E-state index in [1.54, 1.807) is 6.07 Å². The van der Waals surface area contributed by atoms with Crippen LogP contribution >= 0.6 is 15.9 Å². The fourth-order valence-corrected chi connectivity index (χ4v) is 1.89. The highest BCUT2D eigenvalue weighted by Gasteiger charge is 2.36. The first kappa shape index (κ1) is 10.6. The Morgan fingerprint density at radius 1 is 1.33 bits per heavy atom. The highest BCUT2D eigenvalue weighted by Crippen LogP contribution is 2.43. The molecule has 0 amide bonds. The van der Waals surface area contributed by atoms with Crippen LogP contribution in [0.2, 0.25) is 0 Å². The number of anilines is 1. The summed E-state index contributed by atoms with van der Waals surface area (Å²) in [7, 11) is 0. The molecule has 1 aromatic rings. The van der Waals surface area contributed by atoms with Crippen molar-refractivity contribution in [1.29, 1.82) is 0 Å². The van der Waals surface area contributed by atoms with Crippen molar-refractivity contribution in [3.63, 3.8) is 0 Å². The number of fused-ring (bicyclic) bond motifs is 1. The lowest BCUT2D eigenvalue weighted by atomic mass is 10.1. The van der Waals surface area contributed by atoms with E-state index >= 15 is 0 Å². The molecule has 0 spiro atoms. The van der Waals surface area contributed by atoms with Crippen molar-refractivity contribution in [2.45, 2.75) is 6.18 Å². The van der Waals surface area contributed by atoms with Crippen LogP contribution in [0.3, 0.4) is 0 Å². The van der Waals surface area contributed by atoms with E-state index < -0.39 is 11.7 Å². The summed E-state index contributed by atoms with van der Waals surface area (Å²) >= 11 is 3.04. The summed E-state index contributed by atoms with van der Waals surface area (Å²) in [5.41, 5.74) is -0.373. The molecule has 6 heteroatoms. The molecule has 1 aliphatic rings. The van der Waals surface area contributed by atoms with Gasteiger partial charge in [0.25, 0.3) is 0 Å². The maximum absolute atomic E-state index is 12.6. The molecule has 0 saturated heterocycles. The van der Waals surface area contributed by atoms with Crippen molar-refractivity contribution in [2.75, 3.05) is 18.5 Å². The highest BCUT2D eigenvalue weighted by molar-refractivity contribution is 9.10. The van der Waals surface area contributed by atoms with Crippen LogP contribution in [-0.2, 0) is 6.18 Å². The second kappa shape index (κ2) is 3.59. The summed E-state index contributed by atoms with van der Waals surface area (Å²) in [4.78, 5) is 0. The van der Waals surface area contributed by atoms with Gasteiger partial charge in [0.15, 0.2) is 5.75 Å². The molecule has 15 heavy (non-hydrogen) atoms. The van der Waals surface area contributed by atoms with Crippen molar-refractivity contribution in [3.8, 4) is 5.75 Å². The van der Waals surface area contributed by atoms with Crippen LogP contribution in [0.1, 0.15) is 5.56 Å². The third kappa shape index (κ3) is 2.04. The minimum atomic E-state index is -4.40. The molecule has 0 aromatic heterocycles. The number of halogens is 4. The zero-order valence-electron chi connectivity index (χ0n) is 7.49. The molecule has 2 rings (SSSR count). The van der Waals surface area contributed by atoms with Crippen molar-refractivity contribution < 1.29 is 17.9 Å². The molecule has 0 bridgehead atoms. The van der Waals surface area contributed by atoms with E-state index in [0.717, 1.165) is 6.07 Å². The Kier molecular flexibility index (Phi) is 2.54. The SMILES string of the molecule is FC(F)(F)c1cc(Br)cc2c1OCCN2.